The van der Waals surface area contributed by atoms with Crippen LogP contribution in [0.2, 0.25) is 0 Å². The van der Waals surface area contributed by atoms with E-state index in [0.717, 1.165) is 15.6 Å². The molecule has 0 bridgehead atoms. The topological polar surface area (TPSA) is 49.4 Å². The van der Waals surface area contributed by atoms with Gasteiger partial charge in [0.1, 0.15) is 0 Å². The van der Waals surface area contributed by atoms with Crippen molar-refractivity contribution in [2.24, 2.45) is 0 Å². The highest BCUT2D eigenvalue weighted by Crippen LogP contribution is 2.43. The first kappa shape index (κ1) is 16.5. The number of imide groups is 1. The van der Waals surface area contributed by atoms with Gasteiger partial charge in [0.05, 0.1) is 16.8 Å². The van der Waals surface area contributed by atoms with Crippen LogP contribution >= 0.6 is 15.9 Å². The third-order valence-corrected chi connectivity index (χ3v) is 5.61. The van der Waals surface area contributed by atoms with Gasteiger partial charge in [0.15, 0.2) is 0 Å². The van der Waals surface area contributed by atoms with Gasteiger partial charge in [0.25, 0.3) is 11.8 Å². The minimum Gasteiger partial charge on any atom is -0.299 e. The second-order valence-electron chi connectivity index (χ2n) is 7.74. The smallest absolute Gasteiger partial charge is 0.266 e. The number of amides is 2. The zero-order valence-electron chi connectivity index (χ0n) is 14.6. The van der Waals surface area contributed by atoms with E-state index in [0.29, 0.717) is 16.8 Å². The van der Waals surface area contributed by atoms with E-state index in [9.17, 15) is 9.59 Å². The predicted molar refractivity (Wildman–Crippen MR) is 101 cm³/mol. The number of hydrogen-bond acceptors (Lipinski definition) is 3. The first-order chi connectivity index (χ1) is 11.6. The van der Waals surface area contributed by atoms with Crippen LogP contribution in [0.15, 0.2) is 40.9 Å². The van der Waals surface area contributed by atoms with Gasteiger partial charge < -0.3 is 0 Å². The maximum atomic E-state index is 12.9. The normalized spacial score (nSPS) is 20.0. The Morgan fingerprint density at radius 2 is 1.28 bits per heavy atom. The quantitative estimate of drug-likeness (QED) is 0.727. The van der Waals surface area contributed by atoms with Crippen molar-refractivity contribution in [3.63, 3.8) is 0 Å². The molecule has 128 valence electrons. The molecule has 0 radical (unpaired) electrons. The molecular formula is C20H19BrN2O2. The van der Waals surface area contributed by atoms with Crippen LogP contribution in [0.25, 0.3) is 0 Å². The van der Waals surface area contributed by atoms with Crippen LogP contribution in [0.3, 0.4) is 0 Å². The molecule has 2 aliphatic heterocycles. The maximum absolute atomic E-state index is 12.9. The van der Waals surface area contributed by atoms with Gasteiger partial charge in [-0.1, -0.05) is 15.9 Å². The minimum atomic E-state index is -0.259. The van der Waals surface area contributed by atoms with Crippen LogP contribution in [0.4, 0.5) is 5.69 Å². The third-order valence-electron chi connectivity index (χ3n) is 5.08. The van der Waals surface area contributed by atoms with Gasteiger partial charge in [-0.05, 0) is 75.2 Å². The number of carbonyl (C=O) groups is 2. The fourth-order valence-corrected chi connectivity index (χ4v) is 4.33. The Morgan fingerprint density at radius 3 is 1.72 bits per heavy atom. The predicted octanol–water partition coefficient (Wildman–Crippen LogP) is 4.32. The Morgan fingerprint density at radius 1 is 0.840 bits per heavy atom. The first-order valence-corrected chi connectivity index (χ1v) is 9.04. The summed E-state index contributed by atoms with van der Waals surface area (Å²) in [6.45, 7) is 8.39. The van der Waals surface area contributed by atoms with Crippen LogP contribution < -0.4 is 10.2 Å². The zero-order chi connectivity index (χ0) is 18.1. The van der Waals surface area contributed by atoms with Crippen LogP contribution in [0.1, 0.15) is 59.5 Å². The summed E-state index contributed by atoms with van der Waals surface area (Å²) in [6.07, 6.45) is 0. The van der Waals surface area contributed by atoms with Crippen molar-refractivity contribution in [3.8, 4) is 0 Å². The molecule has 0 saturated carbocycles. The van der Waals surface area contributed by atoms with Gasteiger partial charge in [0.2, 0.25) is 0 Å². The van der Waals surface area contributed by atoms with Gasteiger partial charge in [-0.2, -0.15) is 0 Å². The number of anilines is 1. The molecule has 1 N–H and O–H groups in total. The summed E-state index contributed by atoms with van der Waals surface area (Å²) in [5.74, 6) is -0.517. The summed E-state index contributed by atoms with van der Waals surface area (Å²) in [4.78, 5) is 27.1. The molecule has 2 heterocycles. The SMILES string of the molecule is CC1(C)NC(C)(C)c2cc3c(cc21)C(=O)N(c1ccc(Br)cc1)C3=O. The minimum absolute atomic E-state index is 0.248. The van der Waals surface area contributed by atoms with Crippen LogP contribution in [-0.2, 0) is 11.1 Å². The maximum Gasteiger partial charge on any atom is 0.266 e. The van der Waals surface area contributed by atoms with E-state index >= 15 is 0 Å². The van der Waals surface area contributed by atoms with Gasteiger partial charge in [0, 0.05) is 15.6 Å². The highest BCUT2D eigenvalue weighted by atomic mass is 79.9. The highest BCUT2D eigenvalue weighted by molar-refractivity contribution is 9.10. The fraction of sp³-hybridized carbons (Fsp3) is 0.300. The van der Waals surface area contributed by atoms with Gasteiger partial charge in [-0.3, -0.25) is 14.9 Å². The van der Waals surface area contributed by atoms with Gasteiger partial charge >= 0.3 is 0 Å². The number of fused-ring (bicyclic) bond motifs is 2. The molecule has 2 aromatic carbocycles. The molecule has 2 aromatic rings. The number of nitrogens with one attached hydrogen (secondary N) is 1. The van der Waals surface area contributed by atoms with Crippen LogP contribution in [0, 0.1) is 0 Å². The van der Waals surface area contributed by atoms with Crippen molar-refractivity contribution in [3.05, 3.63) is 63.1 Å². The Bertz CT molecular complexity index is 876. The average molecular weight is 399 g/mol. The van der Waals surface area contributed by atoms with Crippen molar-refractivity contribution in [1.82, 2.24) is 5.32 Å². The summed E-state index contributed by atoms with van der Waals surface area (Å²) in [6, 6.07) is 11.0. The van der Waals surface area contributed by atoms with Gasteiger partial charge in [-0.15, -0.1) is 0 Å². The van der Waals surface area contributed by atoms with E-state index in [2.05, 4.69) is 48.9 Å². The standard InChI is InChI=1S/C20H19BrN2O2/c1-19(2)15-9-13-14(10-16(15)20(3,4)22-19)18(25)23(17(13)24)12-7-5-11(21)6-8-12/h5-10,22H,1-4H3. The molecule has 0 aromatic heterocycles. The molecule has 4 rings (SSSR count). The molecule has 2 aliphatic rings. The summed E-state index contributed by atoms with van der Waals surface area (Å²) in [5, 5.41) is 3.57. The zero-order valence-corrected chi connectivity index (χ0v) is 16.2. The van der Waals surface area contributed by atoms with E-state index in [1.165, 1.54) is 4.90 Å². The molecule has 0 atom stereocenters. The molecule has 25 heavy (non-hydrogen) atoms. The molecule has 5 heteroatoms. The number of carbonyl (C=O) groups excluding carboxylic acids is 2. The fourth-order valence-electron chi connectivity index (χ4n) is 4.06. The second kappa shape index (κ2) is 5.02. The van der Waals surface area contributed by atoms with Crippen molar-refractivity contribution in [2.45, 2.75) is 38.8 Å². The number of halogens is 1. The van der Waals surface area contributed by atoms with E-state index in [1.54, 1.807) is 12.1 Å². The lowest BCUT2D eigenvalue weighted by Gasteiger charge is -2.26. The second-order valence-corrected chi connectivity index (χ2v) is 8.66. The van der Waals surface area contributed by atoms with Crippen molar-refractivity contribution in [1.29, 1.82) is 0 Å². The largest absolute Gasteiger partial charge is 0.299 e. The van der Waals surface area contributed by atoms with Crippen molar-refractivity contribution >= 4 is 33.4 Å². The monoisotopic (exact) mass is 398 g/mol. The molecule has 0 aliphatic carbocycles. The number of nitrogens with zero attached hydrogens (tertiary/aromatic N) is 1. The molecule has 2 amide bonds. The summed E-state index contributed by atoms with van der Waals surface area (Å²) in [7, 11) is 0. The molecule has 0 unspecified atom stereocenters. The average Bonchev–Trinajstić information content (AvgIpc) is 2.88. The molecule has 0 fully saturated rings. The summed E-state index contributed by atoms with van der Waals surface area (Å²) >= 11 is 3.38. The summed E-state index contributed by atoms with van der Waals surface area (Å²) < 4.78 is 0.904. The lowest BCUT2D eigenvalue weighted by molar-refractivity contribution is 0.0926. The first-order valence-electron chi connectivity index (χ1n) is 8.24. The molecular weight excluding hydrogens is 380 g/mol. The van der Waals surface area contributed by atoms with Crippen molar-refractivity contribution < 1.29 is 9.59 Å². The molecule has 0 spiro atoms. The Hall–Kier alpha value is -1.98. The Labute approximate surface area is 155 Å². The lowest BCUT2D eigenvalue weighted by Crippen LogP contribution is -2.40. The van der Waals surface area contributed by atoms with Crippen molar-refractivity contribution in [2.75, 3.05) is 4.90 Å². The van der Waals surface area contributed by atoms with E-state index in [4.69, 9.17) is 0 Å². The lowest BCUT2D eigenvalue weighted by atomic mass is 9.87. The van der Waals surface area contributed by atoms with Crippen LogP contribution in [-0.4, -0.2) is 11.8 Å². The highest BCUT2D eigenvalue weighted by Gasteiger charge is 2.45. The van der Waals surface area contributed by atoms with Gasteiger partial charge in [-0.25, -0.2) is 4.90 Å². The van der Waals surface area contributed by atoms with E-state index in [-0.39, 0.29) is 22.9 Å². The van der Waals surface area contributed by atoms with E-state index in [1.807, 2.05) is 24.3 Å². The van der Waals surface area contributed by atoms with Crippen LogP contribution in [0.5, 0.6) is 0 Å². The molecule has 0 saturated heterocycles. The Kier molecular flexibility index (Phi) is 3.31. The molecule has 4 nitrogen and oxygen atoms in total. The summed E-state index contributed by atoms with van der Waals surface area (Å²) in [5.41, 5.74) is 3.22. The Balaban J connectivity index is 1.87. The number of hydrogen-bond donors (Lipinski definition) is 1. The van der Waals surface area contributed by atoms with E-state index < -0.39 is 0 Å². The number of rotatable bonds is 1. The number of benzene rings is 2. The third kappa shape index (κ3) is 2.29.